The lowest BCUT2D eigenvalue weighted by atomic mass is 9.34. The molecule has 0 spiro atoms. The number of furan rings is 1. The van der Waals surface area contributed by atoms with Gasteiger partial charge in [-0.25, -0.2) is 0 Å². The molecule has 0 fully saturated rings. The highest BCUT2D eigenvalue weighted by Crippen LogP contribution is 2.47. The van der Waals surface area contributed by atoms with E-state index in [1.807, 2.05) is 12.1 Å². The summed E-state index contributed by atoms with van der Waals surface area (Å²) in [6.07, 6.45) is 0. The van der Waals surface area contributed by atoms with Crippen molar-refractivity contribution in [1.82, 2.24) is 13.7 Å². The molecular weight excluding hydrogens is 821 g/mol. The lowest BCUT2D eigenvalue weighted by Crippen LogP contribution is -2.57. The van der Waals surface area contributed by atoms with Crippen molar-refractivity contribution in [2.45, 2.75) is 0 Å². The predicted molar refractivity (Wildman–Crippen MR) is 274 cm³/mol. The van der Waals surface area contributed by atoms with Crippen molar-refractivity contribution in [2.75, 3.05) is 0 Å². The highest BCUT2D eigenvalue weighted by molar-refractivity contribution is 6.98. The molecule has 16 rings (SSSR count). The minimum absolute atomic E-state index is 0.158. The van der Waals surface area contributed by atoms with Gasteiger partial charge in [-0.05, 0) is 89.8 Å². The molecule has 0 aliphatic carbocycles. The average Bonchev–Trinajstić information content (AvgIpc) is 4.13. The molecule has 0 unspecified atom stereocenters. The second kappa shape index (κ2) is 12.9. The minimum Gasteiger partial charge on any atom is -0.456 e. The Hall–Kier alpha value is -8.94. The monoisotopic (exact) mass is 855 g/mol. The topological polar surface area (TPSA) is 46.4 Å². The fourth-order valence-electron chi connectivity index (χ4n) is 11.9. The normalized spacial score (nSPS) is 13.0. The summed E-state index contributed by atoms with van der Waals surface area (Å²) in [6, 6.07) is 73.7. The van der Waals surface area contributed by atoms with E-state index in [2.05, 4.69) is 208 Å². The van der Waals surface area contributed by atoms with Crippen LogP contribution in [-0.4, -0.2) is 20.4 Å². The first-order chi connectivity index (χ1) is 33.3. The van der Waals surface area contributed by atoms with Gasteiger partial charge in [0.05, 0.1) is 49.9 Å². The van der Waals surface area contributed by atoms with Crippen LogP contribution < -0.4 is 25.9 Å². The van der Waals surface area contributed by atoms with E-state index < -0.39 is 0 Å². The fourth-order valence-corrected chi connectivity index (χ4v) is 11.9. The van der Waals surface area contributed by atoms with E-state index in [1.54, 1.807) is 0 Å². The molecule has 0 saturated heterocycles. The molecule has 6 heterocycles. The van der Waals surface area contributed by atoms with Gasteiger partial charge in [0.15, 0.2) is 0 Å². The first kappa shape index (κ1) is 35.4. The van der Waals surface area contributed by atoms with Gasteiger partial charge in [-0.3, -0.25) is 0 Å². The third-order valence-electron chi connectivity index (χ3n) is 14.6. The summed E-state index contributed by atoms with van der Waals surface area (Å²) in [5.41, 5.74) is 14.9. The van der Waals surface area contributed by atoms with Crippen molar-refractivity contribution >= 4 is 110 Å². The molecule has 7 heteroatoms. The van der Waals surface area contributed by atoms with Gasteiger partial charge in [0.1, 0.15) is 34.2 Å². The second-order valence-corrected chi connectivity index (χ2v) is 17.9. The van der Waals surface area contributed by atoms with Crippen LogP contribution in [0, 0.1) is 0 Å². The van der Waals surface area contributed by atoms with Crippen LogP contribution in [0.3, 0.4) is 0 Å². The van der Waals surface area contributed by atoms with E-state index in [0.717, 1.165) is 111 Å². The molecule has 14 aromatic rings. The van der Waals surface area contributed by atoms with Crippen molar-refractivity contribution in [1.29, 1.82) is 0 Å². The van der Waals surface area contributed by atoms with Gasteiger partial charge in [0.25, 0.3) is 6.71 Å². The SMILES string of the molecule is c1ccc(-n2c3ccccc3c3ccc4c(c5ccccc5n4-c4cccc5c4Oc4cccc6c4B5c4cccc(-n5c7ccccc7c7c8oc9ccccc9c8ccc75)c4O6)c32)cc1. The molecule has 0 saturated carbocycles. The van der Waals surface area contributed by atoms with Crippen LogP contribution >= 0.6 is 0 Å². The zero-order valence-electron chi connectivity index (χ0n) is 35.8. The molecule has 0 N–H and O–H groups in total. The molecule has 310 valence electrons. The Balaban J connectivity index is 0.948. The summed E-state index contributed by atoms with van der Waals surface area (Å²) < 4.78 is 28.2. The number of benzene rings is 10. The summed E-state index contributed by atoms with van der Waals surface area (Å²) in [5, 5.41) is 9.30. The zero-order valence-corrected chi connectivity index (χ0v) is 35.8. The highest BCUT2D eigenvalue weighted by Gasteiger charge is 2.42. The lowest BCUT2D eigenvalue weighted by molar-refractivity contribution is 0.462. The fraction of sp³-hybridized carbons (Fsp3) is 0. The predicted octanol–water partition coefficient (Wildman–Crippen LogP) is 13.6. The molecule has 67 heavy (non-hydrogen) atoms. The van der Waals surface area contributed by atoms with Crippen LogP contribution in [-0.2, 0) is 0 Å². The molecule has 0 amide bonds. The summed E-state index contributed by atoms with van der Waals surface area (Å²) in [5.74, 6) is 3.27. The highest BCUT2D eigenvalue weighted by atomic mass is 16.5. The van der Waals surface area contributed by atoms with Gasteiger partial charge in [0.2, 0.25) is 0 Å². The maximum absolute atomic E-state index is 7.18. The molecule has 10 aromatic carbocycles. The van der Waals surface area contributed by atoms with Crippen molar-refractivity contribution in [3.63, 3.8) is 0 Å². The minimum atomic E-state index is -0.158. The standard InChI is InChI=1S/C60H34BN3O3/c1-2-15-35(16-3-1)62-44-23-8-4-17-36(44)38-31-33-47-54(57(38)62)40-19-5-9-24-45(40)63(47)49-26-12-21-42-59(49)66-52-29-14-30-53-56(52)61(42)43-22-13-27-50(60(43)67-53)64-46-25-10-6-20-41(46)55-48(64)34-32-39-37-18-7-11-28-51(37)65-58(39)55/h1-34H. The maximum atomic E-state index is 7.18. The number of rotatable bonds is 3. The molecule has 0 radical (unpaired) electrons. The van der Waals surface area contributed by atoms with E-state index in [4.69, 9.17) is 13.9 Å². The summed E-state index contributed by atoms with van der Waals surface area (Å²) >= 11 is 0. The summed E-state index contributed by atoms with van der Waals surface area (Å²) in [4.78, 5) is 0. The number of ether oxygens (including phenoxy) is 2. The van der Waals surface area contributed by atoms with E-state index in [1.165, 1.54) is 32.6 Å². The Bertz CT molecular complexity index is 4480. The molecule has 6 nitrogen and oxygen atoms in total. The van der Waals surface area contributed by atoms with Crippen LogP contribution in [0.4, 0.5) is 0 Å². The second-order valence-electron chi connectivity index (χ2n) is 17.9. The van der Waals surface area contributed by atoms with Crippen molar-refractivity contribution < 1.29 is 13.9 Å². The van der Waals surface area contributed by atoms with Gasteiger partial charge in [-0.2, -0.15) is 0 Å². The van der Waals surface area contributed by atoms with E-state index in [0.29, 0.717) is 0 Å². The largest absolute Gasteiger partial charge is 0.456 e. The van der Waals surface area contributed by atoms with Crippen LogP contribution in [0.25, 0.3) is 104 Å². The zero-order chi connectivity index (χ0) is 43.5. The summed E-state index contributed by atoms with van der Waals surface area (Å²) in [7, 11) is 0. The Morgan fingerprint density at radius 1 is 0.343 bits per heavy atom. The number of aromatic nitrogens is 3. The third-order valence-corrected chi connectivity index (χ3v) is 14.6. The van der Waals surface area contributed by atoms with Crippen molar-refractivity contribution in [3.05, 3.63) is 206 Å². The van der Waals surface area contributed by atoms with Crippen molar-refractivity contribution in [3.8, 4) is 40.1 Å². The quantitative estimate of drug-likeness (QED) is 0.166. The van der Waals surface area contributed by atoms with Crippen LogP contribution in [0.5, 0.6) is 23.0 Å². The Morgan fingerprint density at radius 2 is 0.866 bits per heavy atom. The number of fused-ring (bicyclic) bond motifs is 18. The molecule has 2 aliphatic rings. The van der Waals surface area contributed by atoms with Gasteiger partial charge >= 0.3 is 0 Å². The number of nitrogens with zero attached hydrogens (tertiary/aromatic N) is 3. The molecule has 0 bridgehead atoms. The molecule has 4 aromatic heterocycles. The van der Waals surface area contributed by atoms with Gasteiger partial charge in [-0.1, -0.05) is 127 Å². The average molecular weight is 856 g/mol. The van der Waals surface area contributed by atoms with Crippen LogP contribution in [0.2, 0.25) is 0 Å². The van der Waals surface area contributed by atoms with Crippen LogP contribution in [0.1, 0.15) is 0 Å². The smallest absolute Gasteiger partial charge is 0.260 e. The first-order valence-electron chi connectivity index (χ1n) is 22.9. The van der Waals surface area contributed by atoms with Gasteiger partial charge < -0.3 is 27.6 Å². The lowest BCUT2D eigenvalue weighted by Gasteiger charge is -2.34. The van der Waals surface area contributed by atoms with Crippen molar-refractivity contribution in [2.24, 2.45) is 0 Å². The van der Waals surface area contributed by atoms with E-state index in [9.17, 15) is 0 Å². The third kappa shape index (κ3) is 4.55. The Kier molecular flexibility index (Phi) is 6.80. The van der Waals surface area contributed by atoms with E-state index in [-0.39, 0.29) is 6.71 Å². The molecule has 0 atom stereocenters. The number of hydrogen-bond acceptors (Lipinski definition) is 3. The summed E-state index contributed by atoms with van der Waals surface area (Å²) in [6.45, 7) is -0.158. The molecule has 2 aliphatic heterocycles. The Morgan fingerprint density at radius 3 is 1.54 bits per heavy atom. The number of para-hydroxylation sites is 7. The van der Waals surface area contributed by atoms with Gasteiger partial charge in [0, 0.05) is 48.9 Å². The van der Waals surface area contributed by atoms with Gasteiger partial charge in [-0.15, -0.1) is 0 Å². The number of hydrogen-bond donors (Lipinski definition) is 0. The molecular formula is C60H34BN3O3. The van der Waals surface area contributed by atoms with Crippen LogP contribution in [0.15, 0.2) is 211 Å². The van der Waals surface area contributed by atoms with E-state index >= 15 is 0 Å². The maximum Gasteiger partial charge on any atom is 0.260 e. The first-order valence-corrected chi connectivity index (χ1v) is 22.9. The Labute approximate surface area is 382 Å².